The van der Waals surface area contributed by atoms with Crippen LogP contribution in [0.4, 0.5) is 5.69 Å². The summed E-state index contributed by atoms with van der Waals surface area (Å²) in [7, 11) is 0. The third-order valence-corrected chi connectivity index (χ3v) is 6.68. The molecule has 10 heteroatoms. The molecule has 0 bridgehead atoms. The fourth-order valence-electron chi connectivity index (χ4n) is 3.28. The van der Waals surface area contributed by atoms with E-state index in [1.165, 1.54) is 6.21 Å². The summed E-state index contributed by atoms with van der Waals surface area (Å²) < 4.78 is 7.69. The number of rotatable bonds is 7. The molecule has 190 valence electrons. The van der Waals surface area contributed by atoms with E-state index in [2.05, 4.69) is 63.6 Å². The molecule has 0 saturated carbocycles. The predicted molar refractivity (Wildman–Crippen MR) is 157 cm³/mol. The van der Waals surface area contributed by atoms with Gasteiger partial charge in [0.1, 0.15) is 0 Å². The number of anilines is 1. The zero-order chi connectivity index (χ0) is 27.1. The van der Waals surface area contributed by atoms with Gasteiger partial charge in [0, 0.05) is 31.3 Å². The van der Waals surface area contributed by atoms with Gasteiger partial charge in [0.2, 0.25) is 0 Å². The Kier molecular flexibility index (Phi) is 9.22. The van der Waals surface area contributed by atoms with E-state index in [9.17, 15) is 14.4 Å². The summed E-state index contributed by atoms with van der Waals surface area (Å²) in [5.74, 6) is -1.08. The van der Waals surface area contributed by atoms with E-state index in [1.54, 1.807) is 84.9 Å². The highest BCUT2D eigenvalue weighted by molar-refractivity contribution is 9.11. The van der Waals surface area contributed by atoms with Crippen LogP contribution in [-0.4, -0.2) is 24.0 Å². The number of hydrogen-bond donors (Lipinski definition) is 2. The summed E-state index contributed by atoms with van der Waals surface area (Å²) in [6.45, 7) is 0. The molecule has 0 heterocycles. The highest BCUT2D eigenvalue weighted by atomic mass is 79.9. The first-order valence-electron chi connectivity index (χ1n) is 11.1. The highest BCUT2D eigenvalue weighted by Crippen LogP contribution is 2.33. The Hall–Kier alpha value is -3.60. The average molecular weight is 700 g/mol. The number of hydrogen-bond acceptors (Lipinski definition) is 5. The first-order chi connectivity index (χ1) is 18.3. The van der Waals surface area contributed by atoms with Crippen molar-refractivity contribution in [3.05, 3.63) is 127 Å². The maximum absolute atomic E-state index is 12.7. The molecule has 0 aliphatic rings. The summed E-state index contributed by atoms with van der Waals surface area (Å²) in [4.78, 5) is 37.8. The lowest BCUT2D eigenvalue weighted by Gasteiger charge is -2.11. The minimum atomic E-state index is -0.548. The van der Waals surface area contributed by atoms with Gasteiger partial charge in [-0.05, 0) is 82.7 Å². The molecule has 0 radical (unpaired) electrons. The summed E-state index contributed by atoms with van der Waals surface area (Å²) in [6.07, 6.45) is 1.37. The van der Waals surface area contributed by atoms with Gasteiger partial charge in [-0.1, -0.05) is 56.1 Å². The predicted octanol–water partition coefficient (Wildman–Crippen LogP) is 7.21. The first-order valence-corrected chi connectivity index (χ1v) is 13.4. The molecule has 0 atom stereocenters. The highest BCUT2D eigenvalue weighted by Gasteiger charge is 2.16. The van der Waals surface area contributed by atoms with E-state index in [0.29, 0.717) is 36.9 Å². The monoisotopic (exact) mass is 697 g/mol. The summed E-state index contributed by atoms with van der Waals surface area (Å²) in [5, 5.41) is 6.81. The number of carbonyl (C=O) groups is 3. The second-order valence-electron chi connectivity index (χ2n) is 7.80. The first kappa shape index (κ1) is 27.4. The number of nitrogens with one attached hydrogen (secondary N) is 2. The Morgan fingerprint density at radius 2 is 1.42 bits per heavy atom. The number of halogens is 3. The van der Waals surface area contributed by atoms with Gasteiger partial charge in [0.25, 0.3) is 11.8 Å². The lowest BCUT2D eigenvalue weighted by molar-refractivity contribution is 0.0732. The Morgan fingerprint density at radius 1 is 0.711 bits per heavy atom. The second kappa shape index (κ2) is 12.8. The molecule has 0 spiro atoms. The van der Waals surface area contributed by atoms with E-state index in [0.717, 1.165) is 4.47 Å². The molecule has 38 heavy (non-hydrogen) atoms. The molecule has 4 rings (SSSR count). The van der Waals surface area contributed by atoms with Gasteiger partial charge in [-0.25, -0.2) is 10.2 Å². The summed E-state index contributed by atoms with van der Waals surface area (Å²) in [6, 6.07) is 25.5. The van der Waals surface area contributed by atoms with Gasteiger partial charge in [-0.2, -0.15) is 5.10 Å². The number of nitrogens with zero attached hydrogens (tertiary/aromatic N) is 1. The van der Waals surface area contributed by atoms with Gasteiger partial charge in [-0.3, -0.25) is 9.59 Å². The SMILES string of the molecule is O=C(NN=Cc1cc(Br)cc(Br)c1OC(=O)c1ccc(Br)cc1)c1cccc(NC(=O)c2ccccc2)c1. The third-order valence-electron chi connectivity index (χ3n) is 5.10. The fourth-order valence-corrected chi connectivity index (χ4v) is 4.88. The van der Waals surface area contributed by atoms with E-state index in [1.807, 2.05) is 6.07 Å². The van der Waals surface area contributed by atoms with E-state index >= 15 is 0 Å². The molecule has 0 aliphatic carbocycles. The molecular formula is C28H18Br3N3O4. The number of amides is 2. The van der Waals surface area contributed by atoms with Crippen LogP contribution in [0.1, 0.15) is 36.6 Å². The number of ether oxygens (including phenoxy) is 1. The third kappa shape index (κ3) is 7.25. The molecular weight excluding hydrogens is 682 g/mol. The Bertz CT molecular complexity index is 1520. The fraction of sp³-hybridized carbons (Fsp3) is 0. The Morgan fingerprint density at radius 3 is 2.16 bits per heavy atom. The molecule has 2 N–H and O–H groups in total. The molecule has 0 saturated heterocycles. The van der Waals surface area contributed by atoms with Crippen LogP contribution in [0.2, 0.25) is 0 Å². The molecule has 0 fully saturated rings. The van der Waals surface area contributed by atoms with Crippen LogP contribution in [0.3, 0.4) is 0 Å². The van der Waals surface area contributed by atoms with E-state index < -0.39 is 11.9 Å². The standard InChI is InChI=1S/C28H18Br3N3O4/c29-21-11-9-18(10-12-21)28(37)38-25-20(13-22(30)15-24(25)31)16-32-34-27(36)19-7-4-8-23(14-19)33-26(35)17-5-2-1-3-6-17/h1-16H,(H,33,35)(H,34,36). The topological polar surface area (TPSA) is 96.9 Å². The minimum Gasteiger partial charge on any atom is -0.421 e. The lowest BCUT2D eigenvalue weighted by atomic mass is 10.1. The zero-order valence-electron chi connectivity index (χ0n) is 19.5. The van der Waals surface area contributed by atoms with Crippen LogP contribution in [0.15, 0.2) is 110 Å². The Balaban J connectivity index is 1.46. The minimum absolute atomic E-state index is 0.240. The molecule has 0 aliphatic heterocycles. The normalized spacial score (nSPS) is 10.7. The second-order valence-corrected chi connectivity index (χ2v) is 10.5. The van der Waals surface area contributed by atoms with Gasteiger partial charge in [-0.15, -0.1) is 0 Å². The summed E-state index contributed by atoms with van der Waals surface area (Å²) in [5.41, 5.74) is 4.54. The molecule has 0 aromatic heterocycles. The van der Waals surface area contributed by atoms with Crippen LogP contribution in [0.25, 0.3) is 0 Å². The number of benzene rings is 4. The van der Waals surface area contributed by atoms with E-state index in [-0.39, 0.29) is 11.7 Å². The van der Waals surface area contributed by atoms with E-state index in [4.69, 9.17) is 4.74 Å². The molecule has 4 aromatic carbocycles. The van der Waals surface area contributed by atoms with Crippen molar-refractivity contribution in [1.82, 2.24) is 5.43 Å². The van der Waals surface area contributed by atoms with Crippen molar-refractivity contribution in [3.63, 3.8) is 0 Å². The number of hydrazone groups is 1. The number of carbonyl (C=O) groups excluding carboxylic acids is 3. The van der Waals surface area contributed by atoms with Gasteiger partial charge < -0.3 is 10.1 Å². The van der Waals surface area contributed by atoms with Crippen LogP contribution in [-0.2, 0) is 0 Å². The Labute approximate surface area is 243 Å². The van der Waals surface area contributed by atoms with Crippen molar-refractivity contribution in [2.45, 2.75) is 0 Å². The van der Waals surface area contributed by atoms with Crippen molar-refractivity contribution >= 4 is 77.5 Å². The van der Waals surface area contributed by atoms with Crippen molar-refractivity contribution in [2.75, 3.05) is 5.32 Å². The zero-order valence-corrected chi connectivity index (χ0v) is 24.2. The average Bonchev–Trinajstić information content (AvgIpc) is 2.91. The van der Waals surface area contributed by atoms with Crippen LogP contribution in [0.5, 0.6) is 5.75 Å². The maximum Gasteiger partial charge on any atom is 0.343 e. The van der Waals surface area contributed by atoms with Crippen molar-refractivity contribution < 1.29 is 19.1 Å². The molecule has 0 unspecified atom stereocenters. The quantitative estimate of drug-likeness (QED) is 0.0923. The van der Waals surface area contributed by atoms with Crippen LogP contribution in [0, 0.1) is 0 Å². The van der Waals surface area contributed by atoms with Gasteiger partial charge in [0.15, 0.2) is 5.75 Å². The van der Waals surface area contributed by atoms with Crippen LogP contribution >= 0.6 is 47.8 Å². The van der Waals surface area contributed by atoms with Gasteiger partial charge in [0.05, 0.1) is 16.3 Å². The molecule has 2 amide bonds. The lowest BCUT2D eigenvalue weighted by Crippen LogP contribution is -2.18. The van der Waals surface area contributed by atoms with Crippen molar-refractivity contribution in [1.29, 1.82) is 0 Å². The largest absolute Gasteiger partial charge is 0.421 e. The van der Waals surface area contributed by atoms with Crippen LogP contribution < -0.4 is 15.5 Å². The van der Waals surface area contributed by atoms with Gasteiger partial charge >= 0.3 is 5.97 Å². The van der Waals surface area contributed by atoms with Crippen molar-refractivity contribution in [2.24, 2.45) is 5.10 Å². The molecule has 4 aromatic rings. The number of esters is 1. The molecule has 7 nitrogen and oxygen atoms in total. The van der Waals surface area contributed by atoms with Crippen molar-refractivity contribution in [3.8, 4) is 5.75 Å². The smallest absolute Gasteiger partial charge is 0.343 e. The maximum atomic E-state index is 12.7. The summed E-state index contributed by atoms with van der Waals surface area (Å²) >= 11 is 10.2.